The van der Waals surface area contributed by atoms with Gasteiger partial charge in [-0.3, -0.25) is 0 Å². The van der Waals surface area contributed by atoms with Crippen molar-refractivity contribution in [3.05, 3.63) is 0 Å². The zero-order chi connectivity index (χ0) is 13.7. The highest BCUT2D eigenvalue weighted by Crippen LogP contribution is 2.57. The Balaban J connectivity index is 1.68. The van der Waals surface area contributed by atoms with E-state index in [0.717, 1.165) is 37.0 Å². The summed E-state index contributed by atoms with van der Waals surface area (Å²) in [5.41, 5.74) is -0.000255. The first-order valence-electron chi connectivity index (χ1n) is 7.41. The monoisotopic (exact) mass is 272 g/mol. The molecule has 0 spiro atoms. The molecule has 4 heteroatoms. The van der Waals surface area contributed by atoms with Crippen LogP contribution in [0.15, 0.2) is 0 Å². The van der Waals surface area contributed by atoms with Crippen LogP contribution in [0.25, 0.3) is 0 Å². The van der Waals surface area contributed by atoms with E-state index in [1.807, 2.05) is 0 Å². The molecule has 19 heavy (non-hydrogen) atoms. The summed E-state index contributed by atoms with van der Waals surface area (Å²) in [6, 6.07) is 0. The Morgan fingerprint density at radius 2 is 1.79 bits per heavy atom. The molecule has 0 aromatic heterocycles. The van der Waals surface area contributed by atoms with Gasteiger partial charge in [0.2, 0.25) is 0 Å². The van der Waals surface area contributed by atoms with Gasteiger partial charge in [0.15, 0.2) is 0 Å². The lowest BCUT2D eigenvalue weighted by Crippen LogP contribution is -2.39. The summed E-state index contributed by atoms with van der Waals surface area (Å²) in [6.45, 7) is 0.815. The Bertz CT molecular complexity index is 361. The molecule has 0 aromatic rings. The smallest absolute Gasteiger partial charge is 0.376 e. The van der Waals surface area contributed by atoms with Gasteiger partial charge < -0.3 is 4.74 Å². The average Bonchev–Trinajstić information content (AvgIpc) is 2.50. The highest BCUT2D eigenvalue weighted by atomic mass is 19.3. The van der Waals surface area contributed by atoms with E-state index in [-0.39, 0.29) is 12.0 Å². The number of alkyl halides is 2. The lowest BCUT2D eigenvalue weighted by atomic mass is 9.62. The van der Waals surface area contributed by atoms with Gasteiger partial charge in [-0.2, -0.15) is 8.78 Å². The number of ether oxygens (including phenoxy) is 1. The van der Waals surface area contributed by atoms with Crippen LogP contribution in [-0.4, -0.2) is 18.5 Å². The highest BCUT2D eigenvalue weighted by Gasteiger charge is 2.48. The maximum atomic E-state index is 12.9. The molecule has 0 N–H and O–H groups in total. The van der Waals surface area contributed by atoms with Crippen LogP contribution < -0.4 is 0 Å². The first kappa shape index (κ1) is 13.3. The van der Waals surface area contributed by atoms with Crippen molar-refractivity contribution in [3.63, 3.8) is 0 Å². The molecular weight excluding hydrogens is 250 g/mol. The Hall–Kier alpha value is -0.670. The summed E-state index contributed by atoms with van der Waals surface area (Å²) in [4.78, 5) is 11.3. The van der Waals surface area contributed by atoms with Crippen LogP contribution in [0.3, 0.4) is 0 Å². The van der Waals surface area contributed by atoms with Gasteiger partial charge in [-0.25, -0.2) is 4.79 Å². The Labute approximate surface area is 112 Å². The number of carbonyl (C=O) groups excluding carboxylic acids is 1. The van der Waals surface area contributed by atoms with Crippen LogP contribution in [-0.2, 0) is 9.53 Å². The fourth-order valence-corrected chi connectivity index (χ4v) is 4.83. The normalized spacial score (nSPS) is 41.1. The third-order valence-corrected chi connectivity index (χ3v) is 5.39. The van der Waals surface area contributed by atoms with Crippen molar-refractivity contribution in [1.29, 1.82) is 0 Å². The van der Waals surface area contributed by atoms with Gasteiger partial charge >= 0.3 is 11.9 Å². The molecule has 0 amide bonds. The van der Waals surface area contributed by atoms with Crippen molar-refractivity contribution >= 4 is 5.97 Å². The second-order valence-corrected chi connectivity index (χ2v) is 7.22. The quantitative estimate of drug-likeness (QED) is 0.731. The fourth-order valence-electron chi connectivity index (χ4n) is 4.83. The molecule has 2 unspecified atom stereocenters. The van der Waals surface area contributed by atoms with Crippen LogP contribution in [0.4, 0.5) is 8.78 Å². The third-order valence-electron chi connectivity index (χ3n) is 5.39. The van der Waals surface area contributed by atoms with Crippen molar-refractivity contribution in [2.45, 2.75) is 57.8 Å². The van der Waals surface area contributed by atoms with Crippen LogP contribution >= 0.6 is 0 Å². The number of rotatable bonds is 3. The summed E-state index contributed by atoms with van der Waals surface area (Å²) >= 11 is 0. The van der Waals surface area contributed by atoms with E-state index in [2.05, 4.69) is 0 Å². The molecule has 4 saturated carbocycles. The standard InChI is InChI=1S/C15H22F2O2/c1-14(16,17)13(18)19-9-15-3-2-10-4-11(7-15)6-12(5-10)8-15/h10-12H,2-9H2,1H3. The lowest BCUT2D eigenvalue weighted by molar-refractivity contribution is -0.174. The van der Waals surface area contributed by atoms with Gasteiger partial charge in [-0.05, 0) is 62.7 Å². The van der Waals surface area contributed by atoms with Gasteiger partial charge in [0.1, 0.15) is 0 Å². The molecule has 4 fully saturated rings. The van der Waals surface area contributed by atoms with E-state index in [9.17, 15) is 13.6 Å². The number of halogens is 2. The first-order chi connectivity index (χ1) is 8.86. The van der Waals surface area contributed by atoms with Gasteiger partial charge in [0.05, 0.1) is 6.61 Å². The van der Waals surface area contributed by atoms with Crippen LogP contribution in [0.1, 0.15) is 51.9 Å². The molecule has 0 heterocycles. The number of hydrogen-bond donors (Lipinski definition) is 0. The second kappa shape index (κ2) is 4.42. The van der Waals surface area contributed by atoms with E-state index in [0.29, 0.717) is 6.92 Å². The van der Waals surface area contributed by atoms with Crippen LogP contribution in [0.5, 0.6) is 0 Å². The number of fused-ring (bicyclic) bond motifs is 1. The summed E-state index contributed by atoms with van der Waals surface area (Å²) in [7, 11) is 0. The highest BCUT2D eigenvalue weighted by molar-refractivity contribution is 5.76. The van der Waals surface area contributed by atoms with Crippen molar-refractivity contribution in [2.24, 2.45) is 23.2 Å². The molecule has 4 bridgehead atoms. The van der Waals surface area contributed by atoms with Gasteiger partial charge in [-0.15, -0.1) is 0 Å². The second-order valence-electron chi connectivity index (χ2n) is 7.22. The SMILES string of the molecule is CC(F)(F)C(=O)OCC12CCC3CC(CC(C3)C1)C2. The molecule has 108 valence electrons. The first-order valence-corrected chi connectivity index (χ1v) is 7.41. The van der Waals surface area contributed by atoms with E-state index in [1.54, 1.807) is 0 Å². The van der Waals surface area contributed by atoms with Gasteiger partial charge in [-0.1, -0.05) is 0 Å². The van der Waals surface area contributed by atoms with E-state index < -0.39 is 11.9 Å². The molecule has 2 nitrogen and oxygen atoms in total. The fraction of sp³-hybridized carbons (Fsp3) is 0.933. The molecular formula is C15H22F2O2. The molecule has 0 aliphatic heterocycles. The molecule has 0 radical (unpaired) electrons. The van der Waals surface area contributed by atoms with E-state index >= 15 is 0 Å². The Kier molecular flexibility index (Phi) is 3.10. The van der Waals surface area contributed by atoms with Crippen molar-refractivity contribution in [1.82, 2.24) is 0 Å². The summed E-state index contributed by atoms with van der Waals surface area (Å²) in [5, 5.41) is 0. The minimum absolute atomic E-state index is 0.000255. The van der Waals surface area contributed by atoms with E-state index in [4.69, 9.17) is 4.74 Å². The lowest BCUT2D eigenvalue weighted by Gasteiger charge is -2.44. The molecule has 0 aromatic carbocycles. The molecule has 2 atom stereocenters. The molecule has 0 saturated heterocycles. The maximum Gasteiger partial charge on any atom is 0.376 e. The zero-order valence-corrected chi connectivity index (χ0v) is 11.5. The van der Waals surface area contributed by atoms with Crippen molar-refractivity contribution in [2.75, 3.05) is 6.61 Å². The van der Waals surface area contributed by atoms with Crippen LogP contribution in [0, 0.1) is 23.2 Å². The predicted molar refractivity (Wildman–Crippen MR) is 66.8 cm³/mol. The summed E-state index contributed by atoms with van der Waals surface area (Å²) < 4.78 is 30.7. The molecule has 4 rings (SSSR count). The van der Waals surface area contributed by atoms with Crippen molar-refractivity contribution < 1.29 is 18.3 Å². The summed E-state index contributed by atoms with van der Waals surface area (Å²) in [6.07, 6.45) is 8.29. The number of hydrogen-bond acceptors (Lipinski definition) is 2. The average molecular weight is 272 g/mol. The topological polar surface area (TPSA) is 26.3 Å². The van der Waals surface area contributed by atoms with Crippen molar-refractivity contribution in [3.8, 4) is 0 Å². The Morgan fingerprint density at radius 3 is 2.37 bits per heavy atom. The molecule has 4 aliphatic carbocycles. The van der Waals surface area contributed by atoms with E-state index in [1.165, 1.54) is 25.7 Å². The number of esters is 1. The van der Waals surface area contributed by atoms with Crippen LogP contribution in [0.2, 0.25) is 0 Å². The third kappa shape index (κ3) is 2.63. The zero-order valence-electron chi connectivity index (χ0n) is 11.5. The predicted octanol–water partition coefficient (Wildman–Crippen LogP) is 3.79. The van der Waals surface area contributed by atoms with Gasteiger partial charge in [0, 0.05) is 12.3 Å². The minimum atomic E-state index is -3.36. The Morgan fingerprint density at radius 1 is 1.21 bits per heavy atom. The minimum Gasteiger partial charge on any atom is -0.461 e. The summed E-state index contributed by atoms with van der Waals surface area (Å²) in [5.74, 6) is -2.42. The largest absolute Gasteiger partial charge is 0.461 e. The maximum absolute atomic E-state index is 12.9. The number of carbonyl (C=O) groups is 1. The molecule has 4 aliphatic rings. The van der Waals surface area contributed by atoms with Gasteiger partial charge in [0.25, 0.3) is 0 Å².